The first-order valence-electron chi connectivity index (χ1n) is 9.90. The van der Waals surface area contributed by atoms with E-state index in [2.05, 4.69) is 38.1 Å². The van der Waals surface area contributed by atoms with Gasteiger partial charge in [0.1, 0.15) is 18.0 Å². The van der Waals surface area contributed by atoms with Crippen LogP contribution in [0.2, 0.25) is 0 Å². The summed E-state index contributed by atoms with van der Waals surface area (Å²) in [5.41, 5.74) is 0.183. The zero-order valence-electron chi connectivity index (χ0n) is 15.4. The highest BCUT2D eigenvalue weighted by Gasteiger charge is 2.40. The quantitative estimate of drug-likeness (QED) is 0.885. The first-order valence-corrected chi connectivity index (χ1v) is 9.90. The highest BCUT2D eigenvalue weighted by atomic mass is 16.5. The van der Waals surface area contributed by atoms with Crippen LogP contribution in [0.3, 0.4) is 0 Å². The van der Waals surface area contributed by atoms with E-state index in [1.54, 1.807) is 6.33 Å². The molecule has 1 atom stereocenters. The van der Waals surface area contributed by atoms with E-state index in [9.17, 15) is 0 Å². The molecule has 6 nitrogen and oxygen atoms in total. The minimum Gasteiger partial charge on any atom is -0.381 e. The Labute approximate surface area is 151 Å². The van der Waals surface area contributed by atoms with Crippen molar-refractivity contribution in [1.82, 2.24) is 15.3 Å². The van der Waals surface area contributed by atoms with Crippen LogP contribution in [-0.4, -0.2) is 61.4 Å². The molecule has 0 aromatic carbocycles. The van der Waals surface area contributed by atoms with Crippen LogP contribution in [0.1, 0.15) is 39.0 Å². The van der Waals surface area contributed by atoms with Gasteiger partial charge in [0, 0.05) is 51.0 Å². The molecule has 25 heavy (non-hydrogen) atoms. The molecule has 0 radical (unpaired) electrons. The van der Waals surface area contributed by atoms with Gasteiger partial charge >= 0.3 is 0 Å². The molecule has 1 unspecified atom stereocenters. The minimum absolute atomic E-state index is 0.183. The molecule has 1 aromatic rings. The Bertz CT molecular complexity index is 575. The third-order valence-electron chi connectivity index (χ3n) is 6.17. The van der Waals surface area contributed by atoms with Crippen molar-refractivity contribution in [3.05, 3.63) is 12.4 Å². The zero-order chi connectivity index (χ0) is 17.1. The summed E-state index contributed by atoms with van der Waals surface area (Å²) in [5.74, 6) is 2.93. The van der Waals surface area contributed by atoms with E-state index in [0.29, 0.717) is 0 Å². The highest BCUT2D eigenvalue weighted by molar-refractivity contribution is 5.52. The normalized spacial score (nSPS) is 27.3. The van der Waals surface area contributed by atoms with Gasteiger partial charge in [-0.25, -0.2) is 9.97 Å². The lowest BCUT2D eigenvalue weighted by Gasteiger charge is -2.46. The Morgan fingerprint density at radius 3 is 2.80 bits per heavy atom. The molecule has 1 N–H and O–H groups in total. The van der Waals surface area contributed by atoms with Crippen molar-refractivity contribution in [1.29, 1.82) is 0 Å². The first-order chi connectivity index (χ1) is 12.3. The molecular weight excluding hydrogens is 314 g/mol. The Morgan fingerprint density at radius 1 is 1.12 bits per heavy atom. The van der Waals surface area contributed by atoms with Gasteiger partial charge < -0.3 is 19.9 Å². The standard InChI is InChI=1S/C19H31N5O/c1-16-3-2-9-23(14-16)17-13-18(22-15-21-17)24-10-8-20-7-4-19(24)5-11-25-12-6-19/h13,15-16,20H,2-12,14H2,1H3. The summed E-state index contributed by atoms with van der Waals surface area (Å²) in [6.07, 6.45) is 7.69. The summed E-state index contributed by atoms with van der Waals surface area (Å²) in [6, 6.07) is 2.22. The molecule has 1 spiro atoms. The minimum atomic E-state index is 0.183. The highest BCUT2D eigenvalue weighted by Crippen LogP contribution is 2.36. The van der Waals surface area contributed by atoms with Crippen LogP contribution in [0.5, 0.6) is 0 Å². The molecule has 0 amide bonds. The number of hydrogen-bond donors (Lipinski definition) is 1. The fourth-order valence-corrected chi connectivity index (χ4v) is 4.69. The van der Waals surface area contributed by atoms with E-state index in [1.165, 1.54) is 12.8 Å². The molecule has 0 saturated carbocycles. The first kappa shape index (κ1) is 17.0. The average molecular weight is 345 g/mol. The van der Waals surface area contributed by atoms with E-state index in [1.807, 2.05) is 0 Å². The summed E-state index contributed by atoms with van der Waals surface area (Å²) >= 11 is 0. The van der Waals surface area contributed by atoms with E-state index >= 15 is 0 Å². The predicted octanol–water partition coefficient (Wildman–Crippen LogP) is 2.06. The van der Waals surface area contributed by atoms with Crippen LogP contribution >= 0.6 is 0 Å². The average Bonchev–Trinajstić information content (AvgIpc) is 2.85. The summed E-state index contributed by atoms with van der Waals surface area (Å²) in [4.78, 5) is 14.3. The van der Waals surface area contributed by atoms with Gasteiger partial charge in [-0.05, 0) is 44.6 Å². The molecule has 4 heterocycles. The third kappa shape index (κ3) is 3.60. The number of nitrogens with one attached hydrogen (secondary N) is 1. The van der Waals surface area contributed by atoms with E-state index in [0.717, 1.165) is 82.8 Å². The summed E-state index contributed by atoms with van der Waals surface area (Å²) in [7, 11) is 0. The van der Waals surface area contributed by atoms with Crippen LogP contribution in [0, 0.1) is 5.92 Å². The Hall–Kier alpha value is -1.40. The number of piperidine rings is 1. The number of ether oxygens (including phenoxy) is 1. The zero-order valence-corrected chi connectivity index (χ0v) is 15.4. The molecule has 3 aliphatic heterocycles. The maximum Gasteiger partial charge on any atom is 0.134 e. The second-order valence-corrected chi connectivity index (χ2v) is 7.92. The fourth-order valence-electron chi connectivity index (χ4n) is 4.69. The number of nitrogens with zero attached hydrogens (tertiary/aromatic N) is 4. The summed E-state index contributed by atoms with van der Waals surface area (Å²) in [5, 5.41) is 3.57. The van der Waals surface area contributed by atoms with Crippen molar-refractivity contribution < 1.29 is 4.74 Å². The van der Waals surface area contributed by atoms with Crippen LogP contribution in [0.15, 0.2) is 12.4 Å². The van der Waals surface area contributed by atoms with Gasteiger partial charge in [-0.3, -0.25) is 0 Å². The molecule has 6 heteroatoms. The Morgan fingerprint density at radius 2 is 1.96 bits per heavy atom. The smallest absolute Gasteiger partial charge is 0.134 e. The van der Waals surface area contributed by atoms with E-state index < -0.39 is 0 Å². The van der Waals surface area contributed by atoms with Gasteiger partial charge in [0.2, 0.25) is 0 Å². The van der Waals surface area contributed by atoms with Crippen LogP contribution in [0.4, 0.5) is 11.6 Å². The molecule has 4 rings (SSSR count). The number of rotatable bonds is 2. The van der Waals surface area contributed by atoms with Gasteiger partial charge in [0.15, 0.2) is 0 Å². The van der Waals surface area contributed by atoms with Crippen LogP contribution in [0.25, 0.3) is 0 Å². The Balaban J connectivity index is 1.61. The molecule has 3 aliphatic rings. The second-order valence-electron chi connectivity index (χ2n) is 7.92. The lowest BCUT2D eigenvalue weighted by Crippen LogP contribution is -2.53. The van der Waals surface area contributed by atoms with E-state index in [-0.39, 0.29) is 5.54 Å². The largest absolute Gasteiger partial charge is 0.381 e. The molecule has 0 aliphatic carbocycles. The lowest BCUT2D eigenvalue weighted by atomic mass is 9.85. The van der Waals surface area contributed by atoms with Crippen LogP contribution in [-0.2, 0) is 4.74 Å². The molecule has 138 valence electrons. The molecule has 1 aromatic heterocycles. The number of hydrogen-bond acceptors (Lipinski definition) is 6. The maximum atomic E-state index is 5.66. The van der Waals surface area contributed by atoms with Crippen molar-refractivity contribution in [2.24, 2.45) is 5.92 Å². The monoisotopic (exact) mass is 345 g/mol. The molecular formula is C19H31N5O. The maximum absolute atomic E-state index is 5.66. The van der Waals surface area contributed by atoms with Gasteiger partial charge in [0.05, 0.1) is 0 Å². The molecule has 0 bridgehead atoms. The topological polar surface area (TPSA) is 53.5 Å². The summed E-state index contributed by atoms with van der Waals surface area (Å²) < 4.78 is 5.66. The fraction of sp³-hybridized carbons (Fsp3) is 0.789. The third-order valence-corrected chi connectivity index (χ3v) is 6.17. The van der Waals surface area contributed by atoms with Crippen molar-refractivity contribution in [2.45, 2.75) is 44.6 Å². The SMILES string of the molecule is CC1CCCN(c2cc(N3CCNCCC34CCOCC4)ncn2)C1. The van der Waals surface area contributed by atoms with Gasteiger partial charge in [0.25, 0.3) is 0 Å². The van der Waals surface area contributed by atoms with Gasteiger partial charge in [-0.1, -0.05) is 6.92 Å². The Kier molecular flexibility index (Phi) is 5.08. The second kappa shape index (κ2) is 7.46. The van der Waals surface area contributed by atoms with E-state index in [4.69, 9.17) is 4.74 Å². The van der Waals surface area contributed by atoms with Crippen LogP contribution < -0.4 is 15.1 Å². The van der Waals surface area contributed by atoms with Crippen molar-refractivity contribution in [2.75, 3.05) is 55.7 Å². The van der Waals surface area contributed by atoms with Gasteiger partial charge in [-0.2, -0.15) is 0 Å². The van der Waals surface area contributed by atoms with Gasteiger partial charge in [-0.15, -0.1) is 0 Å². The number of aromatic nitrogens is 2. The number of anilines is 2. The molecule has 3 saturated heterocycles. The molecule has 3 fully saturated rings. The van der Waals surface area contributed by atoms with Crippen molar-refractivity contribution >= 4 is 11.6 Å². The predicted molar refractivity (Wildman–Crippen MR) is 100 cm³/mol. The summed E-state index contributed by atoms with van der Waals surface area (Å²) in [6.45, 7) is 9.38. The lowest BCUT2D eigenvalue weighted by molar-refractivity contribution is 0.0485. The van der Waals surface area contributed by atoms with Crippen molar-refractivity contribution in [3.8, 4) is 0 Å². The van der Waals surface area contributed by atoms with Crippen molar-refractivity contribution in [3.63, 3.8) is 0 Å².